The molecule has 3 heteroatoms. The van der Waals surface area contributed by atoms with Crippen molar-refractivity contribution in [2.24, 2.45) is 0 Å². The molecule has 0 atom stereocenters. The average Bonchev–Trinajstić information content (AvgIpc) is 2.39. The molecule has 0 aromatic heterocycles. The van der Waals surface area contributed by atoms with E-state index in [2.05, 4.69) is 11.8 Å². The fourth-order valence-corrected chi connectivity index (χ4v) is 1.49. The summed E-state index contributed by atoms with van der Waals surface area (Å²) in [6.45, 7) is 0.222. The van der Waals surface area contributed by atoms with Crippen LogP contribution in [0.5, 0.6) is 11.5 Å². The Kier molecular flexibility index (Phi) is 4.11. The molecule has 0 spiro atoms. The molecule has 0 unspecified atom stereocenters. The van der Waals surface area contributed by atoms with Crippen molar-refractivity contribution in [2.75, 3.05) is 6.61 Å². The van der Waals surface area contributed by atoms with E-state index in [9.17, 15) is 5.11 Å². The van der Waals surface area contributed by atoms with Crippen LogP contribution in [0, 0.1) is 11.8 Å². The molecule has 0 bridgehead atoms. The number of hydrogen-bond acceptors (Lipinski definition) is 2. The van der Waals surface area contributed by atoms with E-state index >= 15 is 0 Å². The minimum absolute atomic E-state index is 0.116. The number of ether oxygens (including phenoxy) is 1. The summed E-state index contributed by atoms with van der Waals surface area (Å²) in [5.41, 5.74) is 0.875. The van der Waals surface area contributed by atoms with E-state index in [1.807, 2.05) is 12.1 Å². The van der Waals surface area contributed by atoms with Gasteiger partial charge in [0.2, 0.25) is 0 Å². The zero-order chi connectivity index (χ0) is 12.8. The predicted molar refractivity (Wildman–Crippen MR) is 71.9 cm³/mol. The highest BCUT2D eigenvalue weighted by Gasteiger charge is 1.97. The van der Waals surface area contributed by atoms with Gasteiger partial charge in [-0.2, -0.15) is 0 Å². The molecule has 90 valence electrons. The molecule has 18 heavy (non-hydrogen) atoms. The third-order valence-electron chi connectivity index (χ3n) is 2.24. The second-order valence-corrected chi connectivity index (χ2v) is 4.00. The second kappa shape index (κ2) is 6.00. The zero-order valence-electron chi connectivity index (χ0n) is 9.56. The van der Waals surface area contributed by atoms with Crippen LogP contribution in [0.15, 0.2) is 48.5 Å². The lowest BCUT2D eigenvalue weighted by Gasteiger charge is -2.03. The molecule has 0 fully saturated rings. The largest absolute Gasteiger partial charge is 0.504 e. The van der Waals surface area contributed by atoms with Crippen LogP contribution in [-0.4, -0.2) is 11.7 Å². The monoisotopic (exact) mass is 258 g/mol. The molecule has 0 amide bonds. The van der Waals surface area contributed by atoms with Crippen LogP contribution in [-0.2, 0) is 0 Å². The molecule has 0 radical (unpaired) electrons. The first kappa shape index (κ1) is 12.3. The van der Waals surface area contributed by atoms with Crippen LogP contribution >= 0.6 is 11.6 Å². The van der Waals surface area contributed by atoms with Crippen molar-refractivity contribution >= 4 is 11.6 Å². The maximum atomic E-state index is 9.47. The van der Waals surface area contributed by atoms with E-state index in [-0.39, 0.29) is 12.4 Å². The molecule has 0 aliphatic rings. The van der Waals surface area contributed by atoms with Crippen molar-refractivity contribution in [2.45, 2.75) is 0 Å². The van der Waals surface area contributed by atoms with Crippen molar-refractivity contribution in [1.82, 2.24) is 0 Å². The summed E-state index contributed by atoms with van der Waals surface area (Å²) in [6, 6.07) is 14.1. The van der Waals surface area contributed by atoms with Gasteiger partial charge in [-0.15, -0.1) is 0 Å². The van der Waals surface area contributed by atoms with Crippen molar-refractivity contribution in [3.8, 4) is 23.3 Å². The van der Waals surface area contributed by atoms with Crippen LogP contribution in [0.25, 0.3) is 0 Å². The van der Waals surface area contributed by atoms with Gasteiger partial charge < -0.3 is 9.84 Å². The molecule has 0 saturated heterocycles. The molecular formula is C15H11ClO2. The number of hydrogen-bond donors (Lipinski definition) is 1. The topological polar surface area (TPSA) is 29.5 Å². The van der Waals surface area contributed by atoms with Gasteiger partial charge in [0, 0.05) is 10.6 Å². The van der Waals surface area contributed by atoms with Gasteiger partial charge in [0.05, 0.1) is 0 Å². The summed E-state index contributed by atoms with van der Waals surface area (Å²) in [5.74, 6) is 6.37. The van der Waals surface area contributed by atoms with Crippen LogP contribution in [0.1, 0.15) is 5.56 Å². The number of para-hydroxylation sites is 2. The van der Waals surface area contributed by atoms with Crippen LogP contribution in [0.3, 0.4) is 0 Å². The number of rotatable bonds is 2. The van der Waals surface area contributed by atoms with Gasteiger partial charge in [-0.25, -0.2) is 0 Å². The maximum absolute atomic E-state index is 9.47. The fraction of sp³-hybridized carbons (Fsp3) is 0.0667. The fourth-order valence-electron chi connectivity index (χ4n) is 1.36. The molecule has 0 aliphatic carbocycles. The molecule has 2 aromatic carbocycles. The Morgan fingerprint density at radius 3 is 2.50 bits per heavy atom. The van der Waals surface area contributed by atoms with Crippen molar-refractivity contribution in [3.05, 3.63) is 59.1 Å². The zero-order valence-corrected chi connectivity index (χ0v) is 10.3. The first-order valence-corrected chi connectivity index (χ1v) is 5.79. The van der Waals surface area contributed by atoms with Gasteiger partial charge in [-0.3, -0.25) is 0 Å². The number of phenolic OH excluding ortho intramolecular Hbond substituents is 1. The van der Waals surface area contributed by atoms with Crippen molar-refractivity contribution < 1.29 is 9.84 Å². The third kappa shape index (κ3) is 3.44. The van der Waals surface area contributed by atoms with Gasteiger partial charge in [0.25, 0.3) is 0 Å². The summed E-state index contributed by atoms with van der Waals surface area (Å²) >= 11 is 5.77. The first-order chi connectivity index (χ1) is 8.75. The van der Waals surface area contributed by atoms with Crippen LogP contribution in [0.4, 0.5) is 0 Å². The van der Waals surface area contributed by atoms with Crippen molar-refractivity contribution in [1.29, 1.82) is 0 Å². The minimum Gasteiger partial charge on any atom is -0.504 e. The molecule has 0 heterocycles. The second-order valence-electron chi connectivity index (χ2n) is 3.57. The summed E-state index contributed by atoms with van der Waals surface area (Å²) in [5, 5.41) is 10.2. The van der Waals surface area contributed by atoms with Gasteiger partial charge in [-0.1, -0.05) is 35.6 Å². The lowest BCUT2D eigenvalue weighted by Crippen LogP contribution is -1.93. The first-order valence-electron chi connectivity index (χ1n) is 5.41. The van der Waals surface area contributed by atoms with E-state index in [1.165, 1.54) is 0 Å². The Morgan fingerprint density at radius 1 is 1.06 bits per heavy atom. The SMILES string of the molecule is Oc1ccccc1OCC#Cc1ccc(Cl)cc1. The van der Waals surface area contributed by atoms with E-state index in [4.69, 9.17) is 16.3 Å². The van der Waals surface area contributed by atoms with Gasteiger partial charge in [0.15, 0.2) is 11.5 Å². The average molecular weight is 259 g/mol. The van der Waals surface area contributed by atoms with Crippen LogP contribution < -0.4 is 4.74 Å². The summed E-state index contributed by atoms with van der Waals surface area (Å²) in [7, 11) is 0. The Morgan fingerprint density at radius 2 is 1.78 bits per heavy atom. The van der Waals surface area contributed by atoms with Crippen molar-refractivity contribution in [3.63, 3.8) is 0 Å². The summed E-state index contributed by atoms with van der Waals surface area (Å²) in [6.07, 6.45) is 0. The van der Waals surface area contributed by atoms with E-state index in [0.717, 1.165) is 5.56 Å². The highest BCUT2D eigenvalue weighted by molar-refractivity contribution is 6.30. The smallest absolute Gasteiger partial charge is 0.162 e. The molecule has 2 aromatic rings. The highest BCUT2D eigenvalue weighted by atomic mass is 35.5. The van der Waals surface area contributed by atoms with Crippen LogP contribution in [0.2, 0.25) is 5.02 Å². The van der Waals surface area contributed by atoms with Gasteiger partial charge >= 0.3 is 0 Å². The summed E-state index contributed by atoms with van der Waals surface area (Å²) < 4.78 is 5.33. The van der Waals surface area contributed by atoms with E-state index < -0.39 is 0 Å². The normalized spacial score (nSPS) is 9.39. The molecule has 2 rings (SSSR count). The third-order valence-corrected chi connectivity index (χ3v) is 2.49. The molecule has 0 saturated carbocycles. The molecule has 0 aliphatic heterocycles. The number of aromatic hydroxyl groups is 1. The van der Waals surface area contributed by atoms with Gasteiger partial charge in [0.1, 0.15) is 6.61 Å². The number of halogens is 1. The number of benzene rings is 2. The lowest BCUT2D eigenvalue weighted by molar-refractivity contribution is 0.342. The van der Waals surface area contributed by atoms with E-state index in [1.54, 1.807) is 36.4 Å². The van der Waals surface area contributed by atoms with E-state index in [0.29, 0.717) is 10.8 Å². The Labute approximate surface area is 111 Å². The maximum Gasteiger partial charge on any atom is 0.162 e. The Hall–Kier alpha value is -2.11. The molecule has 2 nitrogen and oxygen atoms in total. The van der Waals surface area contributed by atoms with Gasteiger partial charge in [-0.05, 0) is 36.4 Å². The number of phenols is 1. The highest BCUT2D eigenvalue weighted by Crippen LogP contribution is 2.23. The Balaban J connectivity index is 1.93. The standard InChI is InChI=1S/C15H11ClO2/c16-13-9-7-12(8-10-13)4-3-11-18-15-6-2-1-5-14(15)17/h1-2,5-10,17H,11H2. The summed E-state index contributed by atoms with van der Waals surface area (Å²) in [4.78, 5) is 0. The lowest BCUT2D eigenvalue weighted by atomic mass is 10.2. The quantitative estimate of drug-likeness (QED) is 0.836. The minimum atomic E-state index is 0.116. The predicted octanol–water partition coefficient (Wildman–Crippen LogP) is 3.48. The molecular weight excluding hydrogens is 248 g/mol. The molecule has 1 N–H and O–H groups in total. The Bertz CT molecular complexity index is 579.